The lowest BCUT2D eigenvalue weighted by molar-refractivity contribution is 0.0904. The Bertz CT molecular complexity index is 973. The van der Waals surface area contributed by atoms with E-state index in [1.807, 2.05) is 12.1 Å². The number of aromatic amines is 1. The predicted molar refractivity (Wildman–Crippen MR) is 101 cm³/mol. The van der Waals surface area contributed by atoms with Crippen LogP contribution in [0.5, 0.6) is 0 Å². The number of nitrogens with zero attached hydrogens (tertiary/aromatic N) is 1. The maximum atomic E-state index is 12.6. The first-order valence-corrected chi connectivity index (χ1v) is 8.38. The Hall–Kier alpha value is -2.82. The highest BCUT2D eigenvalue weighted by Gasteiger charge is 2.15. The lowest BCUT2D eigenvalue weighted by Gasteiger charge is -2.19. The van der Waals surface area contributed by atoms with E-state index in [2.05, 4.69) is 37.9 Å². The zero-order chi connectivity index (χ0) is 18.2. The van der Waals surface area contributed by atoms with Crippen LogP contribution in [-0.4, -0.2) is 15.5 Å². The number of benzene rings is 2. The minimum atomic E-state index is -0.423. The maximum Gasteiger partial charge on any atom is 0.333 e. The standard InChI is InChI=1S/C20H23N3O2/c1-20(2,3)14-7-4-13(5-8-14)6-11-18(24)23-17-12-15(21)9-10-16(17)22-19(23)25/h4-5,7-10,12H,6,11,21H2,1-3H3,(H,22,25). The van der Waals surface area contributed by atoms with Crippen LogP contribution in [0.2, 0.25) is 0 Å². The summed E-state index contributed by atoms with van der Waals surface area (Å²) >= 11 is 0. The molecule has 0 unspecified atom stereocenters. The van der Waals surface area contributed by atoms with Gasteiger partial charge in [-0.1, -0.05) is 45.0 Å². The van der Waals surface area contributed by atoms with Crippen molar-refractivity contribution < 1.29 is 4.79 Å². The van der Waals surface area contributed by atoms with Gasteiger partial charge in [-0.05, 0) is 41.2 Å². The Morgan fingerprint density at radius 1 is 1.12 bits per heavy atom. The number of nitrogen functional groups attached to an aromatic ring is 1. The Morgan fingerprint density at radius 2 is 1.80 bits per heavy atom. The van der Waals surface area contributed by atoms with Crippen molar-refractivity contribution in [1.29, 1.82) is 0 Å². The molecule has 3 rings (SSSR count). The number of carbonyl (C=O) groups excluding carboxylic acids is 1. The molecule has 2 aromatic carbocycles. The van der Waals surface area contributed by atoms with E-state index in [0.717, 1.165) is 5.56 Å². The van der Waals surface area contributed by atoms with Crippen LogP contribution in [-0.2, 0) is 11.8 Å². The third-order valence-electron chi connectivity index (χ3n) is 4.40. The summed E-state index contributed by atoms with van der Waals surface area (Å²) in [6, 6.07) is 13.3. The van der Waals surface area contributed by atoms with Crippen molar-refractivity contribution in [1.82, 2.24) is 9.55 Å². The first-order valence-electron chi connectivity index (χ1n) is 8.38. The first kappa shape index (κ1) is 17.0. The minimum Gasteiger partial charge on any atom is -0.399 e. The Labute approximate surface area is 146 Å². The number of hydrogen-bond donors (Lipinski definition) is 2. The van der Waals surface area contributed by atoms with Gasteiger partial charge < -0.3 is 10.7 Å². The molecule has 5 nitrogen and oxygen atoms in total. The zero-order valence-corrected chi connectivity index (χ0v) is 14.8. The quantitative estimate of drug-likeness (QED) is 0.718. The molecular formula is C20H23N3O2. The average molecular weight is 337 g/mol. The largest absolute Gasteiger partial charge is 0.399 e. The Kier molecular flexibility index (Phi) is 4.25. The molecule has 0 atom stereocenters. The third kappa shape index (κ3) is 3.50. The van der Waals surface area contributed by atoms with Crippen molar-refractivity contribution in [3.05, 3.63) is 64.1 Å². The molecule has 0 aliphatic rings. The molecule has 0 amide bonds. The lowest BCUT2D eigenvalue weighted by atomic mass is 9.86. The molecule has 0 fully saturated rings. The number of aryl methyl sites for hydroxylation is 1. The average Bonchev–Trinajstić information content (AvgIpc) is 2.87. The van der Waals surface area contributed by atoms with Gasteiger partial charge in [0, 0.05) is 12.1 Å². The van der Waals surface area contributed by atoms with Gasteiger partial charge in [0.05, 0.1) is 11.0 Å². The third-order valence-corrected chi connectivity index (χ3v) is 4.40. The van der Waals surface area contributed by atoms with Crippen LogP contribution in [0, 0.1) is 0 Å². The highest BCUT2D eigenvalue weighted by atomic mass is 16.2. The second kappa shape index (κ2) is 6.24. The van der Waals surface area contributed by atoms with E-state index in [1.54, 1.807) is 18.2 Å². The summed E-state index contributed by atoms with van der Waals surface area (Å²) in [4.78, 5) is 27.3. The number of anilines is 1. The van der Waals surface area contributed by atoms with Gasteiger partial charge in [0.25, 0.3) is 0 Å². The van der Waals surface area contributed by atoms with Gasteiger partial charge in [-0.2, -0.15) is 0 Å². The molecule has 5 heteroatoms. The summed E-state index contributed by atoms with van der Waals surface area (Å²) in [6.07, 6.45) is 0.848. The van der Waals surface area contributed by atoms with E-state index in [4.69, 9.17) is 5.73 Å². The molecule has 0 bridgehead atoms. The van der Waals surface area contributed by atoms with Gasteiger partial charge in [0.15, 0.2) is 0 Å². The summed E-state index contributed by atoms with van der Waals surface area (Å²) < 4.78 is 1.18. The van der Waals surface area contributed by atoms with Crippen molar-refractivity contribution in [2.45, 2.75) is 39.0 Å². The van der Waals surface area contributed by atoms with Crippen LogP contribution in [0.1, 0.15) is 43.1 Å². The molecule has 130 valence electrons. The molecule has 1 aromatic heterocycles. The van der Waals surface area contributed by atoms with Crippen LogP contribution >= 0.6 is 0 Å². The normalized spacial score (nSPS) is 11.8. The highest BCUT2D eigenvalue weighted by molar-refractivity contribution is 5.91. The lowest BCUT2D eigenvalue weighted by Crippen LogP contribution is -2.24. The van der Waals surface area contributed by atoms with Crippen molar-refractivity contribution in [2.75, 3.05) is 5.73 Å². The van der Waals surface area contributed by atoms with E-state index in [1.165, 1.54) is 10.1 Å². The molecule has 0 saturated heterocycles. The molecule has 0 saturated carbocycles. The van der Waals surface area contributed by atoms with E-state index in [0.29, 0.717) is 23.1 Å². The maximum absolute atomic E-state index is 12.6. The second-order valence-corrected chi connectivity index (χ2v) is 7.38. The topological polar surface area (TPSA) is 80.9 Å². The number of hydrogen-bond acceptors (Lipinski definition) is 3. The van der Waals surface area contributed by atoms with Crippen LogP contribution < -0.4 is 11.4 Å². The van der Waals surface area contributed by atoms with Gasteiger partial charge in [0.1, 0.15) is 0 Å². The molecular weight excluding hydrogens is 314 g/mol. The summed E-state index contributed by atoms with van der Waals surface area (Å²) in [7, 11) is 0. The number of rotatable bonds is 3. The fourth-order valence-corrected chi connectivity index (χ4v) is 2.90. The van der Waals surface area contributed by atoms with E-state index in [-0.39, 0.29) is 17.7 Å². The number of carbonyl (C=O) groups is 1. The van der Waals surface area contributed by atoms with E-state index < -0.39 is 5.69 Å². The minimum absolute atomic E-state index is 0.103. The Morgan fingerprint density at radius 3 is 2.44 bits per heavy atom. The van der Waals surface area contributed by atoms with Crippen molar-refractivity contribution in [3.8, 4) is 0 Å². The SMILES string of the molecule is CC(C)(C)c1ccc(CCC(=O)n2c(=O)[nH]c3ccc(N)cc32)cc1. The molecule has 0 spiro atoms. The van der Waals surface area contributed by atoms with Gasteiger partial charge in [-0.15, -0.1) is 0 Å². The molecule has 0 aliphatic heterocycles. The predicted octanol–water partition coefficient (Wildman–Crippen LogP) is 3.48. The number of nitrogens with two attached hydrogens (primary N) is 1. The monoisotopic (exact) mass is 337 g/mol. The van der Waals surface area contributed by atoms with Crippen LogP contribution in [0.4, 0.5) is 5.69 Å². The molecule has 3 aromatic rings. The Balaban J connectivity index is 1.78. The van der Waals surface area contributed by atoms with E-state index >= 15 is 0 Å². The smallest absolute Gasteiger partial charge is 0.333 e. The van der Waals surface area contributed by atoms with Crippen molar-refractivity contribution >= 4 is 22.6 Å². The van der Waals surface area contributed by atoms with Crippen LogP contribution in [0.25, 0.3) is 11.0 Å². The number of nitrogens with one attached hydrogen (secondary N) is 1. The van der Waals surface area contributed by atoms with Gasteiger partial charge >= 0.3 is 5.69 Å². The number of H-pyrrole nitrogens is 1. The summed E-state index contributed by atoms with van der Waals surface area (Å²) in [6.45, 7) is 6.50. The second-order valence-electron chi connectivity index (χ2n) is 7.38. The summed E-state index contributed by atoms with van der Waals surface area (Å²) in [5.41, 5.74) is 9.45. The number of imidazole rings is 1. The van der Waals surface area contributed by atoms with Crippen LogP contribution in [0.3, 0.4) is 0 Å². The zero-order valence-electron chi connectivity index (χ0n) is 14.8. The van der Waals surface area contributed by atoms with Crippen molar-refractivity contribution in [2.24, 2.45) is 0 Å². The summed E-state index contributed by atoms with van der Waals surface area (Å²) in [5.74, 6) is -0.234. The fourth-order valence-electron chi connectivity index (χ4n) is 2.90. The van der Waals surface area contributed by atoms with Crippen molar-refractivity contribution in [3.63, 3.8) is 0 Å². The van der Waals surface area contributed by atoms with Gasteiger partial charge in [0.2, 0.25) is 5.91 Å². The van der Waals surface area contributed by atoms with Gasteiger partial charge in [-0.25, -0.2) is 9.36 Å². The molecule has 0 radical (unpaired) electrons. The number of aromatic nitrogens is 2. The van der Waals surface area contributed by atoms with E-state index in [9.17, 15) is 9.59 Å². The molecule has 1 heterocycles. The van der Waals surface area contributed by atoms with Crippen LogP contribution in [0.15, 0.2) is 47.3 Å². The molecule has 25 heavy (non-hydrogen) atoms. The first-order chi connectivity index (χ1) is 11.8. The fraction of sp³-hybridized carbons (Fsp3) is 0.300. The van der Waals surface area contributed by atoms with Gasteiger partial charge in [-0.3, -0.25) is 4.79 Å². The number of fused-ring (bicyclic) bond motifs is 1. The molecule has 0 aliphatic carbocycles. The highest BCUT2D eigenvalue weighted by Crippen LogP contribution is 2.22. The summed E-state index contributed by atoms with van der Waals surface area (Å²) in [5, 5.41) is 0. The molecule has 3 N–H and O–H groups in total.